The lowest BCUT2D eigenvalue weighted by molar-refractivity contribution is -0.274. The zero-order valence-corrected chi connectivity index (χ0v) is 18.5. The summed E-state index contributed by atoms with van der Waals surface area (Å²) in [6, 6.07) is 21.0. The van der Waals surface area contributed by atoms with E-state index in [0.717, 1.165) is 41.7 Å². The van der Waals surface area contributed by atoms with Gasteiger partial charge in [0.25, 0.3) is 0 Å². The SMILES string of the molecule is O=C(O)C1(Cc2ccc(OCCc3ccc(-c4cccc(OC(F)(F)F)c4)cc3)cc2)CCC1. The largest absolute Gasteiger partial charge is 0.573 e. The standard InChI is InChI=1S/C27H25F3O4/c28-27(29,30)34-24-4-1-3-22(17-24)21-9-5-19(6-10-21)13-16-33-23-11-7-20(8-12-23)18-26(25(31)32)14-2-15-26/h1,3-12,17H,2,13-16,18H2,(H,31,32). The summed E-state index contributed by atoms with van der Waals surface area (Å²) in [4.78, 5) is 11.5. The molecule has 0 amide bonds. The molecule has 0 bridgehead atoms. The first-order valence-electron chi connectivity index (χ1n) is 11.1. The van der Waals surface area contributed by atoms with Gasteiger partial charge in [0.15, 0.2) is 0 Å². The second-order valence-electron chi connectivity index (χ2n) is 8.63. The van der Waals surface area contributed by atoms with E-state index in [9.17, 15) is 23.1 Å². The van der Waals surface area contributed by atoms with Gasteiger partial charge in [-0.15, -0.1) is 13.2 Å². The normalized spacial score (nSPS) is 14.8. The molecule has 0 aliphatic heterocycles. The van der Waals surface area contributed by atoms with Gasteiger partial charge < -0.3 is 14.6 Å². The van der Waals surface area contributed by atoms with Crippen molar-refractivity contribution in [3.63, 3.8) is 0 Å². The Morgan fingerprint density at radius 2 is 1.56 bits per heavy atom. The summed E-state index contributed by atoms with van der Waals surface area (Å²) in [5.41, 5.74) is 2.85. The molecule has 4 nitrogen and oxygen atoms in total. The molecule has 0 spiro atoms. The van der Waals surface area contributed by atoms with Crippen LogP contribution in [0, 0.1) is 5.41 Å². The lowest BCUT2D eigenvalue weighted by Gasteiger charge is -2.37. The van der Waals surface area contributed by atoms with Crippen molar-refractivity contribution < 1.29 is 32.5 Å². The minimum absolute atomic E-state index is 0.251. The first-order valence-corrected chi connectivity index (χ1v) is 11.1. The fourth-order valence-electron chi connectivity index (χ4n) is 4.19. The zero-order valence-electron chi connectivity index (χ0n) is 18.5. The molecule has 1 aliphatic carbocycles. The van der Waals surface area contributed by atoms with E-state index >= 15 is 0 Å². The summed E-state index contributed by atoms with van der Waals surface area (Å²) in [5.74, 6) is -0.244. The van der Waals surface area contributed by atoms with Gasteiger partial charge in [-0.05, 0) is 65.8 Å². The maximum absolute atomic E-state index is 12.4. The van der Waals surface area contributed by atoms with Crippen LogP contribution >= 0.6 is 0 Å². The van der Waals surface area contributed by atoms with Crippen molar-refractivity contribution in [3.05, 3.63) is 83.9 Å². The monoisotopic (exact) mass is 470 g/mol. The fourth-order valence-corrected chi connectivity index (χ4v) is 4.19. The first-order chi connectivity index (χ1) is 16.2. The smallest absolute Gasteiger partial charge is 0.493 e. The first kappa shape index (κ1) is 23.7. The highest BCUT2D eigenvalue weighted by Crippen LogP contribution is 2.44. The van der Waals surface area contributed by atoms with Gasteiger partial charge in [-0.25, -0.2) is 0 Å². The molecule has 178 valence electrons. The molecule has 3 aromatic rings. The second-order valence-corrected chi connectivity index (χ2v) is 8.63. The van der Waals surface area contributed by atoms with Crippen LogP contribution in [0.3, 0.4) is 0 Å². The van der Waals surface area contributed by atoms with Crippen molar-refractivity contribution in [2.24, 2.45) is 5.41 Å². The van der Waals surface area contributed by atoms with E-state index in [0.29, 0.717) is 25.0 Å². The van der Waals surface area contributed by atoms with Crippen LogP contribution in [0.1, 0.15) is 30.4 Å². The van der Waals surface area contributed by atoms with Crippen LogP contribution in [0.4, 0.5) is 13.2 Å². The van der Waals surface area contributed by atoms with Crippen molar-refractivity contribution in [2.75, 3.05) is 6.61 Å². The molecule has 1 N–H and O–H groups in total. The molecular weight excluding hydrogens is 445 g/mol. The molecule has 0 unspecified atom stereocenters. The van der Waals surface area contributed by atoms with Gasteiger partial charge in [0, 0.05) is 6.42 Å². The van der Waals surface area contributed by atoms with Crippen LogP contribution in [0.25, 0.3) is 11.1 Å². The van der Waals surface area contributed by atoms with Crippen LogP contribution < -0.4 is 9.47 Å². The fraction of sp³-hybridized carbons (Fsp3) is 0.296. The maximum atomic E-state index is 12.4. The van der Waals surface area contributed by atoms with Crippen LogP contribution in [0.15, 0.2) is 72.8 Å². The highest BCUT2D eigenvalue weighted by molar-refractivity contribution is 5.76. The molecular formula is C27H25F3O4. The van der Waals surface area contributed by atoms with E-state index in [1.807, 2.05) is 48.5 Å². The minimum atomic E-state index is -4.72. The average molecular weight is 470 g/mol. The lowest BCUT2D eigenvalue weighted by atomic mass is 9.65. The van der Waals surface area contributed by atoms with Crippen LogP contribution in [0.5, 0.6) is 11.5 Å². The average Bonchev–Trinajstić information content (AvgIpc) is 2.76. The molecule has 4 rings (SSSR count). The minimum Gasteiger partial charge on any atom is -0.493 e. The number of benzene rings is 3. The Morgan fingerprint density at radius 3 is 2.15 bits per heavy atom. The Bertz CT molecular complexity index is 1120. The number of ether oxygens (including phenoxy) is 2. The maximum Gasteiger partial charge on any atom is 0.573 e. The second kappa shape index (κ2) is 9.79. The summed E-state index contributed by atoms with van der Waals surface area (Å²) in [6.07, 6.45) is -1.09. The third-order valence-corrected chi connectivity index (χ3v) is 6.24. The number of hydrogen-bond acceptors (Lipinski definition) is 3. The number of rotatable bonds is 9. The van der Waals surface area contributed by atoms with Crippen LogP contribution in [-0.2, 0) is 17.6 Å². The molecule has 0 aromatic heterocycles. The highest BCUT2D eigenvalue weighted by Gasteiger charge is 2.44. The van der Waals surface area contributed by atoms with Gasteiger partial charge in [-0.1, -0.05) is 55.0 Å². The Labute approximate surface area is 196 Å². The van der Waals surface area contributed by atoms with Crippen molar-refractivity contribution in [1.82, 2.24) is 0 Å². The quantitative estimate of drug-likeness (QED) is 0.379. The van der Waals surface area contributed by atoms with Gasteiger partial charge in [0.05, 0.1) is 12.0 Å². The summed E-state index contributed by atoms with van der Waals surface area (Å²) < 4.78 is 47.1. The molecule has 0 saturated heterocycles. The number of carbonyl (C=O) groups is 1. The van der Waals surface area contributed by atoms with Gasteiger partial charge >= 0.3 is 12.3 Å². The van der Waals surface area contributed by atoms with E-state index in [4.69, 9.17) is 4.74 Å². The predicted molar refractivity (Wildman–Crippen MR) is 122 cm³/mol. The summed E-state index contributed by atoms with van der Waals surface area (Å²) in [6.45, 7) is 0.465. The lowest BCUT2D eigenvalue weighted by Crippen LogP contribution is -2.39. The van der Waals surface area contributed by atoms with E-state index in [-0.39, 0.29) is 5.75 Å². The van der Waals surface area contributed by atoms with E-state index in [1.54, 1.807) is 6.07 Å². The summed E-state index contributed by atoms with van der Waals surface area (Å²) >= 11 is 0. The van der Waals surface area contributed by atoms with Crippen molar-refractivity contribution in [2.45, 2.75) is 38.5 Å². The summed E-state index contributed by atoms with van der Waals surface area (Å²) in [7, 11) is 0. The Hall–Kier alpha value is -3.48. The number of hydrogen-bond donors (Lipinski definition) is 1. The zero-order chi connectivity index (χ0) is 24.2. The topological polar surface area (TPSA) is 55.8 Å². The summed E-state index contributed by atoms with van der Waals surface area (Å²) in [5, 5.41) is 9.49. The molecule has 3 aromatic carbocycles. The number of carboxylic acid groups (broad SMARTS) is 1. The third kappa shape index (κ3) is 5.90. The van der Waals surface area contributed by atoms with E-state index in [1.165, 1.54) is 18.2 Å². The number of alkyl halides is 3. The van der Waals surface area contributed by atoms with E-state index < -0.39 is 17.7 Å². The van der Waals surface area contributed by atoms with Crippen molar-refractivity contribution >= 4 is 5.97 Å². The van der Waals surface area contributed by atoms with Gasteiger partial charge in [0.2, 0.25) is 0 Å². The van der Waals surface area contributed by atoms with Crippen LogP contribution in [0.2, 0.25) is 0 Å². The molecule has 34 heavy (non-hydrogen) atoms. The molecule has 1 fully saturated rings. The predicted octanol–water partition coefficient (Wildman–Crippen LogP) is 6.67. The molecule has 1 saturated carbocycles. The van der Waals surface area contributed by atoms with Crippen molar-refractivity contribution in [3.8, 4) is 22.6 Å². The Balaban J connectivity index is 1.29. The van der Waals surface area contributed by atoms with Gasteiger partial charge in [-0.2, -0.15) is 0 Å². The molecule has 0 radical (unpaired) electrons. The third-order valence-electron chi connectivity index (χ3n) is 6.24. The number of carboxylic acids is 1. The molecule has 0 atom stereocenters. The highest BCUT2D eigenvalue weighted by atomic mass is 19.4. The van der Waals surface area contributed by atoms with Crippen molar-refractivity contribution in [1.29, 1.82) is 0 Å². The molecule has 7 heteroatoms. The Morgan fingerprint density at radius 1 is 0.882 bits per heavy atom. The number of halogens is 3. The number of aliphatic carboxylic acids is 1. The van der Waals surface area contributed by atoms with E-state index in [2.05, 4.69) is 4.74 Å². The Kier molecular flexibility index (Phi) is 6.82. The molecule has 1 aliphatic rings. The van der Waals surface area contributed by atoms with Gasteiger partial charge in [0.1, 0.15) is 11.5 Å². The van der Waals surface area contributed by atoms with Gasteiger partial charge in [-0.3, -0.25) is 4.79 Å². The van der Waals surface area contributed by atoms with Crippen LogP contribution in [-0.4, -0.2) is 24.0 Å². The molecule has 0 heterocycles.